The van der Waals surface area contributed by atoms with Gasteiger partial charge >= 0.3 is 5.97 Å². The molecule has 6 nitrogen and oxygen atoms in total. The highest BCUT2D eigenvalue weighted by molar-refractivity contribution is 5.81. The number of carbonyl (C=O) groups is 3. The summed E-state index contributed by atoms with van der Waals surface area (Å²) in [6.45, 7) is 0. The predicted octanol–water partition coefficient (Wildman–Crippen LogP) is 1.31. The molecule has 1 aromatic carbocycles. The third kappa shape index (κ3) is 4.77. The van der Waals surface area contributed by atoms with E-state index in [-0.39, 0.29) is 18.9 Å². The summed E-state index contributed by atoms with van der Waals surface area (Å²) in [6, 6.07) is 6.81. The van der Waals surface area contributed by atoms with E-state index in [1.807, 2.05) is 0 Å². The Morgan fingerprint density at radius 2 is 1.67 bits per heavy atom. The fourth-order valence-electron chi connectivity index (χ4n) is 2.06. The van der Waals surface area contributed by atoms with Crippen LogP contribution < -0.4 is 5.48 Å². The minimum absolute atomic E-state index is 0.0696. The van der Waals surface area contributed by atoms with Gasteiger partial charge in [0.15, 0.2) is 0 Å². The summed E-state index contributed by atoms with van der Waals surface area (Å²) in [5.41, 5.74) is 4.27. The van der Waals surface area contributed by atoms with E-state index < -0.39 is 11.9 Å². The number of carbonyl (C=O) groups excluding carboxylic acids is 3. The number of hydroxylamine groups is 1. The summed E-state index contributed by atoms with van der Waals surface area (Å²) in [7, 11) is 2.76. The first-order valence-corrected chi connectivity index (χ1v) is 6.51. The summed E-state index contributed by atoms with van der Waals surface area (Å²) in [6.07, 6.45) is 1.83. The van der Waals surface area contributed by atoms with Gasteiger partial charge in [-0.05, 0) is 11.1 Å². The van der Waals surface area contributed by atoms with Crippen molar-refractivity contribution in [2.24, 2.45) is 0 Å². The highest BCUT2D eigenvalue weighted by atomic mass is 16.6. The molecule has 0 aromatic heterocycles. The van der Waals surface area contributed by atoms with Crippen molar-refractivity contribution in [1.82, 2.24) is 5.48 Å². The molecule has 0 bridgehead atoms. The SMILES string of the molecule is CONC(CC=O)c1ccc(C(CC=O)C(=O)OC)cc1. The third-order valence-electron chi connectivity index (χ3n) is 3.15. The standard InChI is InChI=1S/C15H19NO5/c1-20-15(19)13(7-9-17)11-3-5-12(6-4-11)14(8-10-18)16-21-2/h3-6,9-10,13-14,16H,7-8H2,1-2H3. The Morgan fingerprint density at radius 1 is 1.10 bits per heavy atom. The highest BCUT2D eigenvalue weighted by Crippen LogP contribution is 2.23. The van der Waals surface area contributed by atoms with Crippen LogP contribution in [-0.4, -0.2) is 32.8 Å². The van der Waals surface area contributed by atoms with Crippen LogP contribution in [0.4, 0.5) is 0 Å². The van der Waals surface area contributed by atoms with Crippen LogP contribution in [0, 0.1) is 0 Å². The zero-order valence-corrected chi connectivity index (χ0v) is 12.1. The van der Waals surface area contributed by atoms with Crippen LogP contribution in [0.2, 0.25) is 0 Å². The number of ether oxygens (including phenoxy) is 1. The second-order valence-electron chi connectivity index (χ2n) is 4.42. The van der Waals surface area contributed by atoms with Crippen LogP contribution in [-0.2, 0) is 24.0 Å². The van der Waals surface area contributed by atoms with E-state index in [2.05, 4.69) is 5.48 Å². The van der Waals surface area contributed by atoms with Crippen molar-refractivity contribution in [3.8, 4) is 0 Å². The maximum absolute atomic E-state index is 11.7. The van der Waals surface area contributed by atoms with E-state index in [4.69, 9.17) is 9.57 Å². The molecule has 1 N–H and O–H groups in total. The van der Waals surface area contributed by atoms with Gasteiger partial charge < -0.3 is 19.2 Å². The highest BCUT2D eigenvalue weighted by Gasteiger charge is 2.21. The summed E-state index contributed by atoms with van der Waals surface area (Å²) >= 11 is 0. The average Bonchev–Trinajstić information content (AvgIpc) is 2.52. The van der Waals surface area contributed by atoms with E-state index in [9.17, 15) is 14.4 Å². The van der Waals surface area contributed by atoms with E-state index in [0.29, 0.717) is 11.8 Å². The van der Waals surface area contributed by atoms with Gasteiger partial charge in [-0.15, -0.1) is 0 Å². The molecule has 0 fully saturated rings. The number of hydrogen-bond acceptors (Lipinski definition) is 6. The third-order valence-corrected chi connectivity index (χ3v) is 3.15. The second kappa shape index (κ2) is 8.99. The van der Waals surface area contributed by atoms with Gasteiger partial charge in [-0.25, -0.2) is 0 Å². The number of aldehydes is 2. The Hall–Kier alpha value is -2.05. The van der Waals surface area contributed by atoms with Crippen LogP contribution in [0.15, 0.2) is 24.3 Å². The minimum Gasteiger partial charge on any atom is -0.469 e. The first kappa shape index (κ1) is 17.0. The van der Waals surface area contributed by atoms with Crippen LogP contribution in [0.1, 0.15) is 35.9 Å². The maximum Gasteiger partial charge on any atom is 0.313 e. The molecule has 1 aromatic rings. The molecule has 0 spiro atoms. The van der Waals surface area contributed by atoms with Crippen molar-refractivity contribution >= 4 is 18.5 Å². The molecule has 6 heteroatoms. The van der Waals surface area contributed by atoms with Gasteiger partial charge in [-0.2, -0.15) is 5.48 Å². The number of esters is 1. The molecule has 21 heavy (non-hydrogen) atoms. The van der Waals surface area contributed by atoms with Gasteiger partial charge in [0.05, 0.1) is 26.2 Å². The lowest BCUT2D eigenvalue weighted by Crippen LogP contribution is -2.20. The van der Waals surface area contributed by atoms with Crippen LogP contribution in [0.3, 0.4) is 0 Å². The summed E-state index contributed by atoms with van der Waals surface area (Å²) in [5, 5.41) is 0. The lowest BCUT2D eigenvalue weighted by molar-refractivity contribution is -0.143. The zero-order chi connectivity index (χ0) is 15.7. The lowest BCUT2D eigenvalue weighted by atomic mass is 9.94. The number of benzene rings is 1. The van der Waals surface area contributed by atoms with Crippen LogP contribution in [0.5, 0.6) is 0 Å². The number of hydrogen-bond donors (Lipinski definition) is 1. The number of rotatable bonds is 9. The van der Waals surface area contributed by atoms with E-state index in [0.717, 1.165) is 11.8 Å². The molecule has 0 aliphatic heterocycles. The molecular formula is C15H19NO5. The first-order valence-electron chi connectivity index (χ1n) is 6.51. The summed E-state index contributed by atoms with van der Waals surface area (Å²) < 4.78 is 4.70. The Labute approximate surface area is 123 Å². The molecule has 0 amide bonds. The van der Waals surface area contributed by atoms with Crippen molar-refractivity contribution in [2.45, 2.75) is 24.8 Å². The van der Waals surface area contributed by atoms with Crippen molar-refractivity contribution in [2.75, 3.05) is 14.2 Å². The molecule has 2 atom stereocenters. The lowest BCUT2D eigenvalue weighted by Gasteiger charge is -2.17. The van der Waals surface area contributed by atoms with Gasteiger partial charge in [-0.1, -0.05) is 24.3 Å². The maximum atomic E-state index is 11.7. The first-order chi connectivity index (χ1) is 10.2. The number of methoxy groups -OCH3 is 1. The monoisotopic (exact) mass is 293 g/mol. The Balaban J connectivity index is 2.95. The molecular weight excluding hydrogens is 274 g/mol. The van der Waals surface area contributed by atoms with Gasteiger partial charge in [0.1, 0.15) is 12.6 Å². The van der Waals surface area contributed by atoms with Gasteiger partial charge in [0, 0.05) is 12.8 Å². The Morgan fingerprint density at radius 3 is 2.14 bits per heavy atom. The van der Waals surface area contributed by atoms with Crippen molar-refractivity contribution in [3.63, 3.8) is 0 Å². The van der Waals surface area contributed by atoms with Crippen molar-refractivity contribution < 1.29 is 24.0 Å². The minimum atomic E-state index is -0.610. The van der Waals surface area contributed by atoms with Crippen molar-refractivity contribution in [1.29, 1.82) is 0 Å². The quantitative estimate of drug-likeness (QED) is 0.420. The smallest absolute Gasteiger partial charge is 0.313 e. The van der Waals surface area contributed by atoms with E-state index >= 15 is 0 Å². The van der Waals surface area contributed by atoms with Crippen LogP contribution >= 0.6 is 0 Å². The predicted molar refractivity (Wildman–Crippen MR) is 75.4 cm³/mol. The average molecular weight is 293 g/mol. The number of nitrogens with one attached hydrogen (secondary N) is 1. The van der Waals surface area contributed by atoms with Gasteiger partial charge in [-0.3, -0.25) is 4.79 Å². The fraction of sp³-hybridized carbons (Fsp3) is 0.400. The molecule has 0 radical (unpaired) electrons. The van der Waals surface area contributed by atoms with E-state index in [1.54, 1.807) is 24.3 Å². The summed E-state index contributed by atoms with van der Waals surface area (Å²) in [4.78, 5) is 37.9. The van der Waals surface area contributed by atoms with Gasteiger partial charge in [0.2, 0.25) is 0 Å². The fourth-order valence-corrected chi connectivity index (χ4v) is 2.06. The molecule has 0 saturated carbocycles. The molecule has 1 rings (SSSR count). The van der Waals surface area contributed by atoms with E-state index in [1.165, 1.54) is 14.2 Å². The molecule has 0 saturated heterocycles. The largest absolute Gasteiger partial charge is 0.469 e. The molecule has 114 valence electrons. The normalized spacial score (nSPS) is 13.2. The van der Waals surface area contributed by atoms with Gasteiger partial charge in [0.25, 0.3) is 0 Å². The molecule has 0 aliphatic rings. The zero-order valence-electron chi connectivity index (χ0n) is 12.1. The van der Waals surface area contributed by atoms with Crippen molar-refractivity contribution in [3.05, 3.63) is 35.4 Å². The Kier molecular flexibility index (Phi) is 7.28. The second-order valence-corrected chi connectivity index (χ2v) is 4.42. The molecule has 2 unspecified atom stereocenters. The summed E-state index contributed by atoms with van der Waals surface area (Å²) in [5.74, 6) is -1.06. The van der Waals surface area contributed by atoms with Crippen LogP contribution in [0.25, 0.3) is 0 Å². The topological polar surface area (TPSA) is 81.7 Å². The molecule has 0 aliphatic carbocycles. The molecule has 0 heterocycles. The Bertz CT molecular complexity index is 471.